The SMILES string of the molecule is CSc1cc(N2CCCC2CO)ncn1. The molecular formula is C10H15N3OS. The molecule has 0 radical (unpaired) electrons. The third kappa shape index (κ3) is 2.23. The molecule has 82 valence electrons. The van der Waals surface area contributed by atoms with Crippen LogP contribution in [0, 0.1) is 0 Å². The lowest BCUT2D eigenvalue weighted by Gasteiger charge is -2.23. The quantitative estimate of drug-likeness (QED) is 0.618. The molecule has 0 bridgehead atoms. The summed E-state index contributed by atoms with van der Waals surface area (Å²) in [6, 6.07) is 2.22. The molecule has 2 rings (SSSR count). The first-order valence-electron chi connectivity index (χ1n) is 5.08. The Balaban J connectivity index is 2.20. The highest BCUT2D eigenvalue weighted by Gasteiger charge is 2.24. The van der Waals surface area contributed by atoms with Crippen LogP contribution in [0.1, 0.15) is 12.8 Å². The van der Waals surface area contributed by atoms with Crippen molar-refractivity contribution in [3.63, 3.8) is 0 Å². The van der Waals surface area contributed by atoms with Gasteiger partial charge in [-0.3, -0.25) is 0 Å². The monoisotopic (exact) mass is 225 g/mol. The predicted molar refractivity (Wildman–Crippen MR) is 61.3 cm³/mol. The van der Waals surface area contributed by atoms with Crippen LogP contribution in [0.25, 0.3) is 0 Å². The summed E-state index contributed by atoms with van der Waals surface area (Å²) in [6.45, 7) is 1.19. The van der Waals surface area contributed by atoms with Crippen LogP contribution in [0.15, 0.2) is 17.4 Å². The Morgan fingerprint density at radius 1 is 1.60 bits per heavy atom. The summed E-state index contributed by atoms with van der Waals surface area (Å²) in [5.41, 5.74) is 0. The van der Waals surface area contributed by atoms with Crippen molar-refractivity contribution in [1.82, 2.24) is 9.97 Å². The van der Waals surface area contributed by atoms with Crippen LogP contribution in [0.3, 0.4) is 0 Å². The number of rotatable bonds is 3. The third-order valence-corrected chi connectivity index (χ3v) is 3.36. The number of aromatic nitrogens is 2. The molecule has 1 N–H and O–H groups in total. The van der Waals surface area contributed by atoms with Gasteiger partial charge in [-0.05, 0) is 19.1 Å². The standard InChI is InChI=1S/C10H15N3OS/c1-15-10-5-9(11-7-12-10)13-4-2-3-8(13)6-14/h5,7-8,14H,2-4,6H2,1H3. The van der Waals surface area contributed by atoms with Crippen LogP contribution in [0.4, 0.5) is 5.82 Å². The van der Waals surface area contributed by atoms with Crippen molar-refractivity contribution in [3.8, 4) is 0 Å². The van der Waals surface area contributed by atoms with Gasteiger partial charge in [0, 0.05) is 12.6 Å². The molecule has 1 atom stereocenters. The van der Waals surface area contributed by atoms with E-state index >= 15 is 0 Å². The van der Waals surface area contributed by atoms with Crippen molar-refractivity contribution in [2.24, 2.45) is 0 Å². The maximum atomic E-state index is 9.23. The van der Waals surface area contributed by atoms with E-state index in [2.05, 4.69) is 14.9 Å². The smallest absolute Gasteiger partial charge is 0.133 e. The maximum Gasteiger partial charge on any atom is 0.133 e. The molecule has 15 heavy (non-hydrogen) atoms. The molecule has 1 aliphatic heterocycles. The van der Waals surface area contributed by atoms with Gasteiger partial charge >= 0.3 is 0 Å². The number of aliphatic hydroxyl groups is 1. The van der Waals surface area contributed by atoms with Crippen LogP contribution in [-0.4, -0.2) is 40.5 Å². The summed E-state index contributed by atoms with van der Waals surface area (Å²) in [4.78, 5) is 10.6. The van der Waals surface area contributed by atoms with Gasteiger partial charge in [-0.25, -0.2) is 9.97 Å². The van der Waals surface area contributed by atoms with E-state index in [9.17, 15) is 5.11 Å². The predicted octanol–water partition coefficient (Wildman–Crippen LogP) is 1.16. The number of thioether (sulfide) groups is 1. The van der Waals surface area contributed by atoms with Crippen molar-refractivity contribution >= 4 is 17.6 Å². The minimum Gasteiger partial charge on any atom is -0.394 e. The molecule has 1 aliphatic rings. The van der Waals surface area contributed by atoms with Crippen LogP contribution in [0.2, 0.25) is 0 Å². The van der Waals surface area contributed by atoms with Crippen LogP contribution >= 0.6 is 11.8 Å². The molecule has 0 aromatic carbocycles. The Morgan fingerprint density at radius 2 is 2.47 bits per heavy atom. The van der Waals surface area contributed by atoms with E-state index in [-0.39, 0.29) is 12.6 Å². The lowest BCUT2D eigenvalue weighted by molar-refractivity contribution is 0.266. The highest BCUT2D eigenvalue weighted by molar-refractivity contribution is 7.98. The van der Waals surface area contributed by atoms with Gasteiger partial charge < -0.3 is 10.0 Å². The number of hydrogen-bond acceptors (Lipinski definition) is 5. The van der Waals surface area contributed by atoms with Gasteiger partial charge in [0.05, 0.1) is 12.6 Å². The lowest BCUT2D eigenvalue weighted by atomic mass is 10.2. The zero-order valence-electron chi connectivity index (χ0n) is 8.76. The number of anilines is 1. The molecule has 0 spiro atoms. The molecular weight excluding hydrogens is 210 g/mol. The van der Waals surface area contributed by atoms with Crippen molar-refractivity contribution in [1.29, 1.82) is 0 Å². The molecule has 1 aromatic rings. The molecule has 1 unspecified atom stereocenters. The van der Waals surface area contributed by atoms with Gasteiger partial charge in [0.25, 0.3) is 0 Å². The first kappa shape index (κ1) is 10.7. The highest BCUT2D eigenvalue weighted by atomic mass is 32.2. The van der Waals surface area contributed by atoms with Gasteiger partial charge in [0.2, 0.25) is 0 Å². The van der Waals surface area contributed by atoms with Crippen molar-refractivity contribution in [2.75, 3.05) is 24.3 Å². The minimum absolute atomic E-state index is 0.207. The molecule has 4 nitrogen and oxygen atoms in total. The molecule has 0 amide bonds. The fourth-order valence-electron chi connectivity index (χ4n) is 1.93. The molecule has 1 saturated heterocycles. The van der Waals surface area contributed by atoms with Crippen molar-refractivity contribution in [2.45, 2.75) is 23.9 Å². The highest BCUT2D eigenvalue weighted by Crippen LogP contribution is 2.25. The van der Waals surface area contributed by atoms with Crippen molar-refractivity contribution in [3.05, 3.63) is 12.4 Å². The number of hydrogen-bond donors (Lipinski definition) is 1. The molecule has 1 fully saturated rings. The topological polar surface area (TPSA) is 49.2 Å². The van der Waals surface area contributed by atoms with E-state index in [0.717, 1.165) is 30.2 Å². The minimum atomic E-state index is 0.207. The molecule has 0 aliphatic carbocycles. The lowest BCUT2D eigenvalue weighted by Crippen LogP contribution is -2.32. The molecule has 1 aromatic heterocycles. The second kappa shape index (κ2) is 4.81. The first-order valence-corrected chi connectivity index (χ1v) is 6.31. The summed E-state index contributed by atoms with van der Waals surface area (Å²) in [5, 5.41) is 10.2. The molecule has 5 heteroatoms. The normalized spacial score (nSPS) is 20.9. The molecule has 2 heterocycles. The Labute approximate surface area is 93.7 Å². The van der Waals surface area contributed by atoms with Crippen LogP contribution in [-0.2, 0) is 0 Å². The van der Waals surface area contributed by atoms with Gasteiger partial charge in [-0.15, -0.1) is 11.8 Å². The Kier molecular flexibility index (Phi) is 3.43. The number of aliphatic hydroxyl groups excluding tert-OH is 1. The van der Waals surface area contributed by atoms with E-state index in [4.69, 9.17) is 0 Å². The van der Waals surface area contributed by atoms with Crippen molar-refractivity contribution < 1.29 is 5.11 Å². The summed E-state index contributed by atoms with van der Waals surface area (Å²) >= 11 is 1.61. The van der Waals surface area contributed by atoms with Gasteiger partial charge in [0.15, 0.2) is 0 Å². The zero-order chi connectivity index (χ0) is 10.7. The zero-order valence-corrected chi connectivity index (χ0v) is 9.57. The fraction of sp³-hybridized carbons (Fsp3) is 0.600. The van der Waals surface area contributed by atoms with E-state index in [0.29, 0.717) is 0 Å². The molecule has 0 saturated carbocycles. The van der Waals surface area contributed by atoms with Gasteiger partial charge in [-0.2, -0.15) is 0 Å². The summed E-state index contributed by atoms with van der Waals surface area (Å²) in [6.07, 6.45) is 5.77. The number of nitrogens with zero attached hydrogens (tertiary/aromatic N) is 3. The Bertz CT molecular complexity index is 334. The summed E-state index contributed by atoms with van der Waals surface area (Å²) < 4.78 is 0. The van der Waals surface area contributed by atoms with Gasteiger partial charge in [-0.1, -0.05) is 0 Å². The largest absolute Gasteiger partial charge is 0.394 e. The second-order valence-corrected chi connectivity index (χ2v) is 4.42. The van der Waals surface area contributed by atoms with Crippen LogP contribution in [0.5, 0.6) is 0 Å². The Morgan fingerprint density at radius 3 is 3.20 bits per heavy atom. The maximum absolute atomic E-state index is 9.23. The fourth-order valence-corrected chi connectivity index (χ4v) is 2.30. The summed E-state index contributed by atoms with van der Waals surface area (Å²) in [7, 11) is 0. The van der Waals surface area contributed by atoms with E-state index in [1.165, 1.54) is 0 Å². The van der Waals surface area contributed by atoms with Crippen LogP contribution < -0.4 is 4.90 Å². The van der Waals surface area contributed by atoms with E-state index in [1.807, 2.05) is 12.3 Å². The van der Waals surface area contributed by atoms with E-state index in [1.54, 1.807) is 18.1 Å². The third-order valence-electron chi connectivity index (χ3n) is 2.72. The first-order chi connectivity index (χ1) is 7.35. The summed E-state index contributed by atoms with van der Waals surface area (Å²) in [5.74, 6) is 0.936. The van der Waals surface area contributed by atoms with E-state index < -0.39 is 0 Å². The average molecular weight is 225 g/mol. The van der Waals surface area contributed by atoms with Gasteiger partial charge in [0.1, 0.15) is 17.2 Å². The average Bonchev–Trinajstić information content (AvgIpc) is 2.77. The Hall–Kier alpha value is -0.810. The second-order valence-electron chi connectivity index (χ2n) is 3.59.